The second-order valence-electron chi connectivity index (χ2n) is 6.59. The molecule has 1 aromatic heterocycles. The Kier molecular flexibility index (Phi) is 6.30. The van der Waals surface area contributed by atoms with E-state index < -0.39 is 18.8 Å². The van der Waals surface area contributed by atoms with Crippen LogP contribution in [0.5, 0.6) is 0 Å². The summed E-state index contributed by atoms with van der Waals surface area (Å²) in [7, 11) is 0. The molecule has 1 aliphatic rings. The molecule has 0 spiro atoms. The molecule has 1 saturated heterocycles. The molecule has 2 aromatic rings. The first-order valence-corrected chi connectivity index (χ1v) is 8.84. The van der Waals surface area contributed by atoms with Crippen molar-refractivity contribution in [2.45, 2.75) is 12.3 Å². The normalized spacial score (nSPS) is 16.8. The van der Waals surface area contributed by atoms with Crippen LogP contribution in [0.3, 0.4) is 0 Å². The summed E-state index contributed by atoms with van der Waals surface area (Å²) in [6.07, 6.45) is -3.67. The molecule has 0 amide bonds. The molecule has 1 atom stereocenters. The number of benzene rings is 1. The molecule has 2 N–H and O–H groups in total. The topological polar surface area (TPSA) is 64.5 Å². The zero-order valence-corrected chi connectivity index (χ0v) is 15.0. The van der Waals surface area contributed by atoms with Gasteiger partial charge in [-0.05, 0) is 17.7 Å². The SMILES string of the molecule is OC(CNc1cc(N2CCN(CC(F)(F)F)CC2)ncn1)c1ccc(F)cc1. The molecule has 152 valence electrons. The van der Waals surface area contributed by atoms with Gasteiger partial charge in [0.1, 0.15) is 23.8 Å². The third kappa shape index (κ3) is 5.77. The van der Waals surface area contributed by atoms with Crippen LogP contribution in [0.4, 0.5) is 29.2 Å². The van der Waals surface area contributed by atoms with Crippen LogP contribution in [0, 0.1) is 5.82 Å². The molecular weight excluding hydrogens is 378 g/mol. The van der Waals surface area contributed by atoms with E-state index in [1.807, 2.05) is 4.90 Å². The summed E-state index contributed by atoms with van der Waals surface area (Å²) in [5.41, 5.74) is 0.573. The maximum absolute atomic E-state index is 12.9. The molecule has 1 unspecified atom stereocenters. The van der Waals surface area contributed by atoms with Gasteiger partial charge in [0.05, 0.1) is 12.6 Å². The monoisotopic (exact) mass is 399 g/mol. The van der Waals surface area contributed by atoms with Crippen molar-refractivity contribution < 1.29 is 22.7 Å². The summed E-state index contributed by atoms with van der Waals surface area (Å²) in [6.45, 7) is 0.737. The van der Waals surface area contributed by atoms with E-state index in [-0.39, 0.29) is 12.4 Å². The predicted molar refractivity (Wildman–Crippen MR) is 96.6 cm³/mol. The van der Waals surface area contributed by atoms with E-state index in [0.29, 0.717) is 43.4 Å². The average molecular weight is 399 g/mol. The number of alkyl halides is 3. The van der Waals surface area contributed by atoms with Gasteiger partial charge in [-0.3, -0.25) is 4.90 Å². The number of nitrogens with zero attached hydrogens (tertiary/aromatic N) is 4. The summed E-state index contributed by atoms with van der Waals surface area (Å²) in [5.74, 6) is 0.726. The smallest absolute Gasteiger partial charge is 0.387 e. The van der Waals surface area contributed by atoms with Crippen LogP contribution in [-0.4, -0.2) is 65.4 Å². The number of halogens is 4. The van der Waals surface area contributed by atoms with Crippen molar-refractivity contribution >= 4 is 11.6 Å². The molecule has 1 fully saturated rings. The quantitative estimate of drug-likeness (QED) is 0.728. The first kappa shape index (κ1) is 20.3. The van der Waals surface area contributed by atoms with Crippen molar-refractivity contribution in [3.8, 4) is 0 Å². The van der Waals surface area contributed by atoms with Gasteiger partial charge in [0.25, 0.3) is 0 Å². The van der Waals surface area contributed by atoms with E-state index in [1.165, 1.54) is 35.5 Å². The molecule has 10 heteroatoms. The predicted octanol–water partition coefficient (Wildman–Crippen LogP) is 2.45. The van der Waals surface area contributed by atoms with Crippen LogP contribution in [0.2, 0.25) is 0 Å². The van der Waals surface area contributed by atoms with Crippen LogP contribution in [-0.2, 0) is 0 Å². The highest BCUT2D eigenvalue weighted by molar-refractivity contribution is 5.49. The van der Waals surface area contributed by atoms with Crippen LogP contribution in [0.15, 0.2) is 36.7 Å². The second-order valence-corrected chi connectivity index (χ2v) is 6.59. The Bertz CT molecular complexity index is 763. The molecule has 1 aromatic carbocycles. The molecular formula is C18H21F4N5O. The van der Waals surface area contributed by atoms with Crippen molar-refractivity contribution in [3.63, 3.8) is 0 Å². The highest BCUT2D eigenvalue weighted by Crippen LogP contribution is 2.21. The lowest BCUT2D eigenvalue weighted by atomic mass is 10.1. The van der Waals surface area contributed by atoms with Crippen molar-refractivity contribution in [2.24, 2.45) is 0 Å². The van der Waals surface area contributed by atoms with Gasteiger partial charge in [0, 0.05) is 38.8 Å². The fourth-order valence-electron chi connectivity index (χ4n) is 3.01. The van der Waals surface area contributed by atoms with E-state index in [0.717, 1.165) is 0 Å². The van der Waals surface area contributed by atoms with Gasteiger partial charge < -0.3 is 15.3 Å². The summed E-state index contributed by atoms with van der Waals surface area (Å²) in [4.78, 5) is 11.6. The Morgan fingerprint density at radius 2 is 1.75 bits per heavy atom. The lowest BCUT2D eigenvalue weighted by Crippen LogP contribution is -2.49. The minimum absolute atomic E-state index is 0.168. The Hall–Kier alpha value is -2.46. The third-order valence-electron chi connectivity index (χ3n) is 4.48. The van der Waals surface area contributed by atoms with Gasteiger partial charge in [-0.1, -0.05) is 12.1 Å². The Balaban J connectivity index is 1.53. The number of aliphatic hydroxyl groups excluding tert-OH is 1. The standard InChI is InChI=1S/C18H21F4N5O/c19-14-3-1-13(2-4-14)15(28)10-23-16-9-17(25-12-24-16)27-7-5-26(6-8-27)11-18(20,21)22/h1-4,9,12,15,28H,5-8,10-11H2,(H,23,24,25). The largest absolute Gasteiger partial charge is 0.401 e. The average Bonchev–Trinajstić information content (AvgIpc) is 2.66. The van der Waals surface area contributed by atoms with Crippen molar-refractivity contribution in [3.05, 3.63) is 48.0 Å². The zero-order chi connectivity index (χ0) is 20.1. The summed E-state index contributed by atoms with van der Waals surface area (Å²) >= 11 is 0. The Labute approximate surface area is 159 Å². The molecule has 0 bridgehead atoms. The number of nitrogens with one attached hydrogen (secondary N) is 1. The Morgan fingerprint density at radius 3 is 2.39 bits per heavy atom. The van der Waals surface area contributed by atoms with Gasteiger partial charge in [0.15, 0.2) is 0 Å². The Morgan fingerprint density at radius 1 is 1.07 bits per heavy atom. The van der Waals surface area contributed by atoms with Gasteiger partial charge in [-0.15, -0.1) is 0 Å². The third-order valence-corrected chi connectivity index (χ3v) is 4.48. The van der Waals surface area contributed by atoms with Gasteiger partial charge in [-0.25, -0.2) is 14.4 Å². The van der Waals surface area contributed by atoms with Gasteiger partial charge in [-0.2, -0.15) is 13.2 Å². The minimum atomic E-state index is -4.19. The van der Waals surface area contributed by atoms with Crippen LogP contribution in [0.25, 0.3) is 0 Å². The molecule has 0 radical (unpaired) electrons. The lowest BCUT2D eigenvalue weighted by molar-refractivity contribution is -0.146. The number of hydrogen-bond acceptors (Lipinski definition) is 6. The number of rotatable bonds is 6. The number of piperazine rings is 1. The van der Waals surface area contributed by atoms with Crippen LogP contribution in [0.1, 0.15) is 11.7 Å². The summed E-state index contributed by atoms with van der Waals surface area (Å²) < 4.78 is 50.4. The molecule has 1 aliphatic heterocycles. The second kappa shape index (κ2) is 8.70. The van der Waals surface area contributed by atoms with Gasteiger partial charge >= 0.3 is 6.18 Å². The molecule has 3 rings (SSSR count). The lowest BCUT2D eigenvalue weighted by Gasteiger charge is -2.35. The highest BCUT2D eigenvalue weighted by atomic mass is 19.4. The highest BCUT2D eigenvalue weighted by Gasteiger charge is 2.32. The first-order valence-electron chi connectivity index (χ1n) is 8.84. The van der Waals surface area contributed by atoms with Crippen molar-refractivity contribution in [1.82, 2.24) is 14.9 Å². The molecule has 6 nitrogen and oxygen atoms in total. The molecule has 2 heterocycles. The number of aliphatic hydroxyl groups is 1. The number of aromatic nitrogens is 2. The minimum Gasteiger partial charge on any atom is -0.387 e. The maximum atomic E-state index is 12.9. The molecule has 0 saturated carbocycles. The van der Waals surface area contributed by atoms with Gasteiger partial charge in [0.2, 0.25) is 0 Å². The fraction of sp³-hybridized carbons (Fsp3) is 0.444. The molecule has 28 heavy (non-hydrogen) atoms. The zero-order valence-electron chi connectivity index (χ0n) is 15.0. The number of anilines is 2. The van der Waals surface area contributed by atoms with E-state index in [1.54, 1.807) is 6.07 Å². The van der Waals surface area contributed by atoms with E-state index in [9.17, 15) is 22.7 Å². The van der Waals surface area contributed by atoms with Crippen LogP contribution >= 0.6 is 0 Å². The van der Waals surface area contributed by atoms with Crippen molar-refractivity contribution in [1.29, 1.82) is 0 Å². The van der Waals surface area contributed by atoms with Crippen molar-refractivity contribution in [2.75, 3.05) is 49.5 Å². The summed E-state index contributed by atoms with van der Waals surface area (Å²) in [6, 6.07) is 7.26. The van der Waals surface area contributed by atoms with E-state index in [2.05, 4.69) is 15.3 Å². The van der Waals surface area contributed by atoms with E-state index in [4.69, 9.17) is 0 Å². The molecule has 0 aliphatic carbocycles. The van der Waals surface area contributed by atoms with Crippen LogP contribution < -0.4 is 10.2 Å². The first-order chi connectivity index (χ1) is 13.3. The number of hydrogen-bond donors (Lipinski definition) is 2. The maximum Gasteiger partial charge on any atom is 0.401 e. The summed E-state index contributed by atoms with van der Waals surface area (Å²) in [5, 5.41) is 13.2. The fourth-order valence-corrected chi connectivity index (χ4v) is 3.01. The van der Waals surface area contributed by atoms with E-state index >= 15 is 0 Å².